The van der Waals surface area contributed by atoms with E-state index in [1.165, 1.54) is 6.42 Å². The number of rotatable bonds is 8. The molecule has 1 aromatic rings. The van der Waals surface area contributed by atoms with E-state index >= 15 is 0 Å². The number of aryl methyl sites for hydroxylation is 3. The first kappa shape index (κ1) is 24.6. The largest absolute Gasteiger partial charge is 0.465 e. The summed E-state index contributed by atoms with van der Waals surface area (Å²) < 4.78 is 13.8. The summed E-state index contributed by atoms with van der Waals surface area (Å²) in [7, 11) is 0.611. The summed E-state index contributed by atoms with van der Waals surface area (Å²) in [6, 6.07) is 4.06. The normalized spacial score (nSPS) is 15.4. The van der Waals surface area contributed by atoms with Gasteiger partial charge in [-0.05, 0) is 57.1 Å². The Morgan fingerprint density at radius 3 is 2.14 bits per heavy atom. The summed E-state index contributed by atoms with van der Waals surface area (Å²) in [6.07, 6.45) is 8.30. The van der Waals surface area contributed by atoms with Crippen molar-refractivity contribution in [3.63, 3.8) is 0 Å². The molecule has 2 unspecified atom stereocenters. The Bertz CT molecular complexity index is 627. The Balaban J connectivity index is 0.00000190. The highest BCUT2D eigenvalue weighted by Gasteiger charge is 2.38. The van der Waals surface area contributed by atoms with E-state index in [9.17, 15) is 9.59 Å². The van der Waals surface area contributed by atoms with Crippen LogP contribution in [0.5, 0.6) is 0 Å². The molecule has 2 rings (SSSR count). The molecule has 1 saturated carbocycles. The number of unbranched alkanes of at least 4 members (excludes halogenated alkanes) is 2. The number of carbonyl (C=O) groups is 2. The summed E-state index contributed by atoms with van der Waals surface area (Å²) in [5.74, 6) is -0.864. The number of ketones is 1. The quantitative estimate of drug-likeness (QED) is 0.183. The molecule has 1 fully saturated rings. The van der Waals surface area contributed by atoms with Gasteiger partial charge in [0.25, 0.3) is 0 Å². The van der Waals surface area contributed by atoms with Gasteiger partial charge in [0.15, 0.2) is 5.78 Å². The first-order valence-corrected chi connectivity index (χ1v) is 11.1. The van der Waals surface area contributed by atoms with E-state index in [1.54, 1.807) is 0 Å². The predicted molar refractivity (Wildman–Crippen MR) is 117 cm³/mol. The molecule has 2 atom stereocenters. The summed E-state index contributed by atoms with van der Waals surface area (Å²) in [6.45, 7) is 8.53. The lowest BCUT2D eigenvalue weighted by Crippen LogP contribution is -2.35. The van der Waals surface area contributed by atoms with Crippen molar-refractivity contribution in [3.8, 4) is 0 Å². The lowest BCUT2D eigenvalue weighted by Gasteiger charge is -2.28. The standard InChI is InChI=1S/C23H34O3.H3OP/c1-5-6-10-13-26-23(25)21(19-11-8-7-9-12-19)22(24)20-17(3)14-16(2)15-18(20)4;1-2/h14-15,19,21H,5-13H2,1-4H3;2H3. The molecule has 1 aromatic carbocycles. The highest BCUT2D eigenvalue weighted by atomic mass is 31.0. The first-order chi connectivity index (χ1) is 13.5. The van der Waals surface area contributed by atoms with E-state index in [0.29, 0.717) is 15.7 Å². The van der Waals surface area contributed by atoms with Crippen LogP contribution in [0.25, 0.3) is 0 Å². The molecule has 28 heavy (non-hydrogen) atoms. The van der Waals surface area contributed by atoms with Crippen molar-refractivity contribution in [2.75, 3.05) is 6.61 Å². The van der Waals surface area contributed by atoms with E-state index in [2.05, 4.69) is 6.92 Å². The van der Waals surface area contributed by atoms with Crippen molar-refractivity contribution in [2.24, 2.45) is 11.8 Å². The fourth-order valence-corrected chi connectivity index (χ4v) is 4.32. The van der Waals surface area contributed by atoms with Crippen molar-refractivity contribution >= 4 is 20.9 Å². The molecule has 0 heterocycles. The van der Waals surface area contributed by atoms with E-state index in [0.717, 1.165) is 67.2 Å². The second kappa shape index (κ2) is 12.9. The smallest absolute Gasteiger partial charge is 0.317 e. The van der Waals surface area contributed by atoms with E-state index < -0.39 is 5.92 Å². The number of benzene rings is 1. The van der Waals surface area contributed by atoms with Gasteiger partial charge >= 0.3 is 5.97 Å². The Labute approximate surface area is 172 Å². The molecule has 1 aliphatic rings. The molecule has 5 heteroatoms. The molecule has 0 bridgehead atoms. The summed E-state index contributed by atoms with van der Waals surface area (Å²) in [5, 5.41) is 0. The minimum absolute atomic E-state index is 0.0348. The molecule has 0 spiro atoms. The van der Waals surface area contributed by atoms with Crippen LogP contribution in [-0.4, -0.2) is 18.4 Å². The predicted octanol–water partition coefficient (Wildman–Crippen LogP) is 5.66. The van der Waals surface area contributed by atoms with Gasteiger partial charge in [-0.1, -0.05) is 56.7 Å². The van der Waals surface area contributed by atoms with Gasteiger partial charge in [-0.15, -0.1) is 0 Å². The van der Waals surface area contributed by atoms with Crippen LogP contribution in [0.4, 0.5) is 0 Å². The van der Waals surface area contributed by atoms with Gasteiger partial charge in [0.2, 0.25) is 0 Å². The van der Waals surface area contributed by atoms with E-state index in [1.807, 2.05) is 32.9 Å². The second-order valence-corrected chi connectivity index (χ2v) is 7.89. The van der Waals surface area contributed by atoms with Gasteiger partial charge in [0.05, 0.1) is 15.7 Å². The zero-order chi connectivity index (χ0) is 21.1. The Morgan fingerprint density at radius 2 is 1.61 bits per heavy atom. The molecule has 4 nitrogen and oxygen atoms in total. The number of hydrogen-bond donors (Lipinski definition) is 0. The Hall–Kier alpha value is -1.41. The van der Waals surface area contributed by atoms with Crippen LogP contribution in [0, 0.1) is 32.6 Å². The van der Waals surface area contributed by atoms with Crippen molar-refractivity contribution < 1.29 is 18.9 Å². The van der Waals surface area contributed by atoms with Crippen molar-refractivity contribution in [3.05, 3.63) is 34.4 Å². The van der Waals surface area contributed by atoms with Gasteiger partial charge in [-0.2, -0.15) is 0 Å². The van der Waals surface area contributed by atoms with Gasteiger partial charge in [0, 0.05) is 5.56 Å². The number of ether oxygens (including phenoxy) is 1. The maximum Gasteiger partial charge on any atom is 0.317 e. The lowest BCUT2D eigenvalue weighted by atomic mass is 9.75. The minimum Gasteiger partial charge on any atom is -0.465 e. The van der Waals surface area contributed by atoms with Gasteiger partial charge in [-0.25, -0.2) is 0 Å². The van der Waals surface area contributed by atoms with Gasteiger partial charge < -0.3 is 9.30 Å². The maximum absolute atomic E-state index is 13.4. The van der Waals surface area contributed by atoms with E-state index in [-0.39, 0.29) is 17.7 Å². The van der Waals surface area contributed by atoms with Crippen LogP contribution in [-0.2, 0) is 14.1 Å². The van der Waals surface area contributed by atoms with Crippen LogP contribution < -0.4 is 0 Å². The third-order valence-electron chi connectivity index (χ3n) is 5.57. The SMILES string of the molecule is CCCCCOC(=O)C(C(=O)c1c(C)cc(C)cc1C)C1CCCCC1.O=[PH3]. The lowest BCUT2D eigenvalue weighted by molar-refractivity contribution is -0.148. The molecule has 0 amide bonds. The number of hydrogen-bond acceptors (Lipinski definition) is 4. The van der Waals surface area contributed by atoms with Crippen LogP contribution in [0.15, 0.2) is 12.1 Å². The molecule has 0 N–H and O–H groups in total. The molecule has 0 saturated heterocycles. The van der Waals surface area contributed by atoms with Crippen LogP contribution >= 0.6 is 9.12 Å². The van der Waals surface area contributed by atoms with Crippen molar-refractivity contribution in [1.82, 2.24) is 0 Å². The number of esters is 1. The van der Waals surface area contributed by atoms with Crippen molar-refractivity contribution in [2.45, 2.75) is 79.1 Å². The molecule has 158 valence electrons. The molecule has 0 aliphatic heterocycles. The number of carbonyl (C=O) groups excluding carboxylic acids is 2. The summed E-state index contributed by atoms with van der Waals surface area (Å²) in [4.78, 5) is 26.3. The van der Waals surface area contributed by atoms with Gasteiger partial charge in [-0.3, -0.25) is 9.59 Å². The third kappa shape index (κ3) is 6.88. The van der Waals surface area contributed by atoms with Gasteiger partial charge in [0.1, 0.15) is 5.92 Å². The minimum atomic E-state index is -0.642. The molecule has 0 aromatic heterocycles. The van der Waals surface area contributed by atoms with Crippen molar-refractivity contribution in [1.29, 1.82) is 0 Å². The average molecular weight is 409 g/mol. The molecular formula is C23H37O4P. The zero-order valence-corrected chi connectivity index (χ0v) is 19.4. The molecule has 0 radical (unpaired) electrons. The fraction of sp³-hybridized carbons (Fsp3) is 0.652. The molecule has 1 aliphatic carbocycles. The summed E-state index contributed by atoms with van der Waals surface area (Å²) in [5.41, 5.74) is 3.80. The maximum atomic E-state index is 13.4. The monoisotopic (exact) mass is 408 g/mol. The number of Topliss-reactive ketones (excluding diaryl/α,β-unsaturated/α-hetero) is 1. The van der Waals surface area contributed by atoms with Crippen LogP contribution in [0.2, 0.25) is 0 Å². The highest BCUT2D eigenvalue weighted by Crippen LogP contribution is 2.34. The van der Waals surface area contributed by atoms with Crippen LogP contribution in [0.3, 0.4) is 0 Å². The Kier molecular flexibility index (Phi) is 11.4. The third-order valence-corrected chi connectivity index (χ3v) is 5.57. The Morgan fingerprint density at radius 1 is 1.04 bits per heavy atom. The zero-order valence-electron chi connectivity index (χ0n) is 18.0. The van der Waals surface area contributed by atoms with E-state index in [4.69, 9.17) is 9.30 Å². The highest BCUT2D eigenvalue weighted by molar-refractivity contribution is 7.00. The first-order valence-electron chi connectivity index (χ1n) is 10.5. The van der Waals surface area contributed by atoms with Crippen LogP contribution in [0.1, 0.15) is 85.3 Å². The summed E-state index contributed by atoms with van der Waals surface area (Å²) >= 11 is 0. The molecular weight excluding hydrogens is 371 g/mol. The second-order valence-electron chi connectivity index (χ2n) is 7.89. The fourth-order valence-electron chi connectivity index (χ4n) is 4.32. The topological polar surface area (TPSA) is 60.4 Å². The average Bonchev–Trinajstić information content (AvgIpc) is 2.67.